The molecule has 2 aliphatic rings. The third kappa shape index (κ3) is 5.39. The molecule has 0 unspecified atom stereocenters. The molecule has 0 saturated carbocycles. The average Bonchev–Trinajstić information content (AvgIpc) is 3.15. The predicted molar refractivity (Wildman–Crippen MR) is 166 cm³/mol. The summed E-state index contributed by atoms with van der Waals surface area (Å²) < 4.78 is 34.1. The van der Waals surface area contributed by atoms with Gasteiger partial charge in [-0.1, -0.05) is 37.6 Å². The summed E-state index contributed by atoms with van der Waals surface area (Å²) in [4.78, 5) is 48.7. The molecule has 0 aliphatic carbocycles. The Bertz CT molecular complexity index is 1880. The summed E-state index contributed by atoms with van der Waals surface area (Å²) in [5.41, 5.74) is -0.238. The summed E-state index contributed by atoms with van der Waals surface area (Å²) in [5.74, 6) is -0.0740. The Hall–Kier alpha value is -4.52. The molecule has 3 aromatic heterocycles. The molecule has 6 rings (SSSR count). The van der Waals surface area contributed by atoms with E-state index < -0.39 is 29.2 Å². The quantitative estimate of drug-likeness (QED) is 0.302. The first kappa shape index (κ1) is 30.5. The van der Waals surface area contributed by atoms with Crippen LogP contribution >= 0.6 is 11.6 Å². The highest BCUT2D eigenvalue weighted by molar-refractivity contribution is 6.36. The van der Waals surface area contributed by atoms with Gasteiger partial charge in [-0.3, -0.25) is 0 Å². The molecule has 45 heavy (non-hydrogen) atoms. The molecule has 1 saturated heterocycles. The number of aromatic nitrogens is 5. The number of amides is 1. The zero-order valence-corrected chi connectivity index (χ0v) is 26.6. The minimum Gasteiger partial charge on any atom is -0.489 e. The van der Waals surface area contributed by atoms with Crippen LogP contribution in [-0.2, 0) is 4.74 Å². The molecule has 236 valence electrons. The van der Waals surface area contributed by atoms with Crippen LogP contribution in [0.15, 0.2) is 35.4 Å². The lowest BCUT2D eigenvalue weighted by molar-refractivity contribution is 0.0202. The van der Waals surface area contributed by atoms with E-state index in [1.54, 1.807) is 23.1 Å². The summed E-state index contributed by atoms with van der Waals surface area (Å²) in [7, 11) is 1.44. The number of hydrogen-bond acceptors (Lipinski definition) is 10. The molecule has 12 nitrogen and oxygen atoms in total. The monoisotopic (exact) mass is 637 g/mol. The van der Waals surface area contributed by atoms with Gasteiger partial charge in [0.15, 0.2) is 11.4 Å². The van der Waals surface area contributed by atoms with Crippen LogP contribution in [0, 0.1) is 5.82 Å². The van der Waals surface area contributed by atoms with Crippen molar-refractivity contribution in [1.82, 2.24) is 29.4 Å². The van der Waals surface area contributed by atoms with Crippen molar-refractivity contribution in [3.63, 3.8) is 0 Å². The van der Waals surface area contributed by atoms with Crippen LogP contribution in [0.1, 0.15) is 46.2 Å². The summed E-state index contributed by atoms with van der Waals surface area (Å²) in [6.07, 6.45) is 0.913. The van der Waals surface area contributed by atoms with Gasteiger partial charge in [0.25, 0.3) is 0 Å². The number of hydrogen-bond donors (Lipinski definition) is 0. The van der Waals surface area contributed by atoms with Crippen molar-refractivity contribution >= 4 is 34.5 Å². The van der Waals surface area contributed by atoms with Crippen LogP contribution < -0.4 is 20.1 Å². The van der Waals surface area contributed by atoms with Crippen molar-refractivity contribution in [3.8, 4) is 28.6 Å². The highest BCUT2D eigenvalue weighted by atomic mass is 35.5. The van der Waals surface area contributed by atoms with Crippen molar-refractivity contribution < 1.29 is 23.4 Å². The Labute approximate surface area is 263 Å². The van der Waals surface area contributed by atoms with E-state index in [-0.39, 0.29) is 58.3 Å². The maximum absolute atomic E-state index is 15.2. The van der Waals surface area contributed by atoms with Gasteiger partial charge < -0.3 is 24.0 Å². The van der Waals surface area contributed by atoms with Crippen LogP contribution in [0.5, 0.6) is 11.6 Å². The second-order valence-electron chi connectivity index (χ2n) is 12.2. The summed E-state index contributed by atoms with van der Waals surface area (Å²) >= 11 is 6.98. The molecule has 1 atom stereocenters. The number of rotatable bonds is 4. The first-order chi connectivity index (χ1) is 21.4. The van der Waals surface area contributed by atoms with Gasteiger partial charge in [0.1, 0.15) is 46.3 Å². The minimum absolute atomic E-state index is 0.0602. The van der Waals surface area contributed by atoms with Crippen LogP contribution in [0.25, 0.3) is 28.0 Å². The number of carbonyl (C=O) groups is 1. The summed E-state index contributed by atoms with van der Waals surface area (Å²) in [6, 6.07) is 5.68. The Balaban J connectivity index is 1.62. The fraction of sp³-hybridized carbons (Fsp3) is 0.419. The van der Waals surface area contributed by atoms with Gasteiger partial charge in [0.2, 0.25) is 5.88 Å². The maximum Gasteiger partial charge on any atom is 0.410 e. The second kappa shape index (κ2) is 11.4. The molecular weight excluding hydrogens is 605 g/mol. The van der Waals surface area contributed by atoms with Crippen LogP contribution in [-0.4, -0.2) is 80.5 Å². The lowest BCUT2D eigenvalue weighted by Crippen LogP contribution is -2.57. The second-order valence-corrected chi connectivity index (χ2v) is 12.6. The molecule has 1 aromatic carbocycles. The van der Waals surface area contributed by atoms with Gasteiger partial charge in [0, 0.05) is 25.2 Å². The number of piperazine rings is 1. The lowest BCUT2D eigenvalue weighted by atomic mass is 10.1. The predicted octanol–water partition coefficient (Wildman–Crippen LogP) is 4.98. The van der Waals surface area contributed by atoms with Gasteiger partial charge in [-0.25, -0.2) is 28.5 Å². The molecule has 1 fully saturated rings. The Morgan fingerprint density at radius 1 is 1.16 bits per heavy atom. The highest BCUT2D eigenvalue weighted by Crippen LogP contribution is 2.46. The van der Waals surface area contributed by atoms with Crippen molar-refractivity contribution in [2.45, 2.75) is 52.2 Å². The van der Waals surface area contributed by atoms with Crippen LogP contribution in [0.4, 0.5) is 15.0 Å². The molecule has 14 heteroatoms. The highest BCUT2D eigenvalue weighted by Gasteiger charge is 2.39. The molecule has 0 radical (unpaired) electrons. The smallest absolute Gasteiger partial charge is 0.410 e. The summed E-state index contributed by atoms with van der Waals surface area (Å²) in [6.45, 7) is 10.3. The van der Waals surface area contributed by atoms with Crippen LogP contribution in [0.3, 0.4) is 0 Å². The van der Waals surface area contributed by atoms with Crippen molar-refractivity contribution in [2.24, 2.45) is 0 Å². The number of carbonyl (C=O) groups excluding carboxylic acids is 1. The van der Waals surface area contributed by atoms with E-state index >= 15 is 4.39 Å². The number of halogens is 2. The maximum atomic E-state index is 15.2. The van der Waals surface area contributed by atoms with E-state index in [9.17, 15) is 9.59 Å². The largest absolute Gasteiger partial charge is 0.489 e. The molecule has 4 aromatic rings. The van der Waals surface area contributed by atoms with E-state index in [1.807, 2.05) is 39.5 Å². The van der Waals surface area contributed by atoms with Crippen molar-refractivity contribution in [1.29, 1.82) is 0 Å². The van der Waals surface area contributed by atoms with Gasteiger partial charge in [0.05, 0.1) is 24.5 Å². The minimum atomic E-state index is -0.678. The number of nitrogens with zero attached hydrogens (tertiary/aromatic N) is 7. The van der Waals surface area contributed by atoms with Gasteiger partial charge in [-0.2, -0.15) is 9.97 Å². The third-order valence-electron chi connectivity index (χ3n) is 7.64. The van der Waals surface area contributed by atoms with Gasteiger partial charge in [-0.05, 0) is 38.8 Å². The van der Waals surface area contributed by atoms with E-state index in [0.29, 0.717) is 30.0 Å². The first-order valence-corrected chi connectivity index (χ1v) is 14.9. The average molecular weight is 638 g/mol. The van der Waals surface area contributed by atoms with Crippen LogP contribution in [0.2, 0.25) is 5.02 Å². The zero-order chi connectivity index (χ0) is 32.2. The molecule has 0 spiro atoms. The number of fused-ring (bicyclic) bond motifs is 2. The van der Waals surface area contributed by atoms with E-state index in [1.165, 1.54) is 24.1 Å². The number of ether oxygens (including phenoxy) is 3. The normalized spacial score (nSPS) is 16.3. The molecular formula is C31H33ClFN7O5. The zero-order valence-electron chi connectivity index (χ0n) is 25.8. The molecule has 5 heterocycles. The topological polar surface area (TPSA) is 125 Å². The number of anilines is 1. The van der Waals surface area contributed by atoms with Gasteiger partial charge >= 0.3 is 11.8 Å². The molecule has 0 bridgehead atoms. The standard InChI is InChI=1S/C31H33ClFN7O5/c1-16(2)22-24(28(43-6)35-15-34-22)40-27-20-25(21(32)23(36-27)18-9-7-8-10-19(18)33)44-14-17-13-38(30(42)45-31(3,4)5)11-12-39(17)26(20)37-29(40)41/h7-10,15-17H,11-14H2,1-6H3/t17-/m1/s1. The van der Waals surface area contributed by atoms with Crippen molar-refractivity contribution in [2.75, 3.05) is 38.3 Å². The van der Waals surface area contributed by atoms with Crippen molar-refractivity contribution in [3.05, 3.63) is 57.6 Å². The van der Waals surface area contributed by atoms with Gasteiger partial charge in [-0.15, -0.1) is 0 Å². The summed E-state index contributed by atoms with van der Waals surface area (Å²) in [5, 5.41) is 0.415. The van der Waals surface area contributed by atoms with E-state index in [4.69, 9.17) is 30.8 Å². The molecule has 0 N–H and O–H groups in total. The Morgan fingerprint density at radius 3 is 2.60 bits per heavy atom. The molecule has 2 aliphatic heterocycles. The fourth-order valence-corrected chi connectivity index (χ4v) is 5.96. The SMILES string of the molecule is COc1ncnc(C(C)C)c1-n1c(=O)nc2c3c(c(Cl)c(-c4ccccc4F)nc31)OC[C@H]1CN(C(=O)OC(C)(C)C)CCN21. The first-order valence-electron chi connectivity index (χ1n) is 14.6. The lowest BCUT2D eigenvalue weighted by Gasteiger charge is -2.41. The number of benzene rings is 1. The van der Waals surface area contributed by atoms with E-state index in [2.05, 4.69) is 15.0 Å². The molecule has 1 amide bonds. The Kier molecular flexibility index (Phi) is 7.76. The number of methoxy groups -OCH3 is 1. The Morgan fingerprint density at radius 2 is 1.91 bits per heavy atom. The number of pyridine rings is 1. The third-order valence-corrected chi connectivity index (χ3v) is 7.99. The fourth-order valence-electron chi connectivity index (χ4n) is 5.66. The van der Waals surface area contributed by atoms with E-state index in [0.717, 1.165) is 0 Å².